The minimum atomic E-state index is -4.25. The summed E-state index contributed by atoms with van der Waals surface area (Å²) in [6.45, 7) is 1.72. The zero-order valence-corrected chi connectivity index (χ0v) is 13.2. The van der Waals surface area contributed by atoms with Crippen molar-refractivity contribution >= 4 is 11.6 Å². The Labute approximate surface area is 138 Å². The van der Waals surface area contributed by atoms with Crippen LogP contribution in [0, 0.1) is 0 Å². The van der Waals surface area contributed by atoms with E-state index in [-0.39, 0.29) is 12.3 Å². The van der Waals surface area contributed by atoms with Crippen molar-refractivity contribution in [2.24, 2.45) is 0 Å². The fraction of sp³-hybridized carbons (Fsp3) is 0.316. The lowest BCUT2D eigenvalue weighted by molar-refractivity contribution is -0.140. The maximum Gasteiger partial charge on any atom is 0.389 e. The van der Waals surface area contributed by atoms with Crippen LogP contribution in [0.5, 0.6) is 0 Å². The van der Waals surface area contributed by atoms with Gasteiger partial charge in [0.2, 0.25) is 5.91 Å². The Bertz CT molecular complexity index is 742. The molecule has 2 nitrogen and oxygen atoms in total. The third-order valence-corrected chi connectivity index (χ3v) is 4.66. The van der Waals surface area contributed by atoms with Crippen molar-refractivity contribution in [3.63, 3.8) is 0 Å². The molecule has 24 heavy (non-hydrogen) atoms. The van der Waals surface area contributed by atoms with E-state index in [1.54, 1.807) is 55.5 Å². The molecule has 0 bridgehead atoms. The largest absolute Gasteiger partial charge is 0.389 e. The van der Waals surface area contributed by atoms with Gasteiger partial charge in [0.1, 0.15) is 0 Å². The van der Waals surface area contributed by atoms with Gasteiger partial charge >= 0.3 is 6.18 Å². The second kappa shape index (κ2) is 5.96. The van der Waals surface area contributed by atoms with Gasteiger partial charge in [-0.05, 0) is 42.5 Å². The lowest BCUT2D eigenvalue weighted by Crippen LogP contribution is -2.36. The molecule has 0 saturated heterocycles. The Morgan fingerprint density at radius 3 is 2.42 bits per heavy atom. The van der Waals surface area contributed by atoms with Crippen LogP contribution in [0.15, 0.2) is 54.6 Å². The molecule has 1 aliphatic carbocycles. The molecule has 0 saturated carbocycles. The van der Waals surface area contributed by atoms with E-state index in [9.17, 15) is 18.0 Å². The molecule has 2 aromatic rings. The van der Waals surface area contributed by atoms with Gasteiger partial charge in [-0.25, -0.2) is 0 Å². The maximum atomic E-state index is 12.9. The molecule has 0 aliphatic heterocycles. The van der Waals surface area contributed by atoms with Crippen LogP contribution in [0.3, 0.4) is 0 Å². The topological polar surface area (TPSA) is 29.1 Å². The number of carbonyl (C=O) groups is 1. The average molecular weight is 333 g/mol. The van der Waals surface area contributed by atoms with Crippen LogP contribution in [-0.4, -0.2) is 12.1 Å². The Morgan fingerprint density at radius 1 is 1.12 bits per heavy atom. The predicted octanol–water partition coefficient (Wildman–Crippen LogP) is 5.02. The van der Waals surface area contributed by atoms with Crippen LogP contribution >= 0.6 is 0 Å². The normalized spacial score (nSPS) is 22.9. The highest BCUT2D eigenvalue weighted by atomic mass is 19.4. The Balaban J connectivity index is 1.91. The van der Waals surface area contributed by atoms with Crippen LogP contribution in [0.1, 0.15) is 36.8 Å². The number of anilines is 1. The molecular formula is C19H18F3NO. The van der Waals surface area contributed by atoms with Crippen molar-refractivity contribution in [1.82, 2.24) is 0 Å². The second-order valence-corrected chi connectivity index (χ2v) is 6.46. The number of nitrogens with one attached hydrogen (secondary N) is 1. The summed E-state index contributed by atoms with van der Waals surface area (Å²) in [6, 6.07) is 15.9. The first-order valence-electron chi connectivity index (χ1n) is 7.82. The van der Waals surface area contributed by atoms with E-state index in [1.165, 1.54) is 0 Å². The van der Waals surface area contributed by atoms with Gasteiger partial charge < -0.3 is 5.32 Å². The molecule has 1 N–H and O–H groups in total. The molecule has 0 aromatic heterocycles. The van der Waals surface area contributed by atoms with E-state index in [0.717, 1.165) is 0 Å². The number of para-hydroxylation sites is 1. The molecule has 0 radical (unpaired) electrons. The lowest BCUT2D eigenvalue weighted by Gasteiger charge is -2.25. The number of hydrogen-bond acceptors (Lipinski definition) is 1. The maximum absolute atomic E-state index is 12.9. The first-order valence-corrected chi connectivity index (χ1v) is 7.82. The highest BCUT2D eigenvalue weighted by molar-refractivity contribution is 5.99. The van der Waals surface area contributed by atoms with Gasteiger partial charge in [0.15, 0.2) is 0 Å². The number of rotatable bonds is 3. The highest BCUT2D eigenvalue weighted by Crippen LogP contribution is 2.50. The smallest absolute Gasteiger partial charge is 0.325 e. The number of carbonyl (C=O) groups excluding carboxylic acids is 1. The van der Waals surface area contributed by atoms with Crippen molar-refractivity contribution in [2.75, 3.05) is 5.32 Å². The van der Waals surface area contributed by atoms with E-state index in [4.69, 9.17) is 0 Å². The lowest BCUT2D eigenvalue weighted by atomic mass is 9.82. The summed E-state index contributed by atoms with van der Waals surface area (Å²) in [5.41, 5.74) is 0.983. The summed E-state index contributed by atoms with van der Waals surface area (Å²) >= 11 is 0. The molecule has 126 valence electrons. The fourth-order valence-electron chi connectivity index (χ4n) is 3.54. The molecular weight excluding hydrogens is 315 g/mol. The Morgan fingerprint density at radius 2 is 1.75 bits per heavy atom. The van der Waals surface area contributed by atoms with Gasteiger partial charge in [-0.2, -0.15) is 13.2 Å². The minimum Gasteiger partial charge on any atom is -0.325 e. The average Bonchev–Trinajstić information content (AvgIpc) is 2.81. The van der Waals surface area contributed by atoms with Gasteiger partial charge in [0, 0.05) is 5.69 Å². The van der Waals surface area contributed by atoms with Crippen LogP contribution in [0.2, 0.25) is 0 Å². The van der Waals surface area contributed by atoms with Gasteiger partial charge in [0.25, 0.3) is 0 Å². The predicted molar refractivity (Wildman–Crippen MR) is 86.9 cm³/mol. The molecule has 2 atom stereocenters. The van der Waals surface area contributed by atoms with E-state index >= 15 is 0 Å². The van der Waals surface area contributed by atoms with Crippen LogP contribution < -0.4 is 5.32 Å². The summed E-state index contributed by atoms with van der Waals surface area (Å²) in [6.07, 6.45) is -5.00. The van der Waals surface area contributed by atoms with Gasteiger partial charge in [0.05, 0.1) is 11.8 Å². The monoisotopic (exact) mass is 333 g/mol. The van der Waals surface area contributed by atoms with Gasteiger partial charge in [-0.3, -0.25) is 4.79 Å². The Hall–Kier alpha value is -2.30. The van der Waals surface area contributed by atoms with E-state index in [1.807, 2.05) is 6.07 Å². The van der Waals surface area contributed by atoms with Crippen molar-refractivity contribution in [3.05, 3.63) is 65.7 Å². The van der Waals surface area contributed by atoms with Gasteiger partial charge in [-0.1, -0.05) is 42.5 Å². The van der Waals surface area contributed by atoms with Gasteiger partial charge in [-0.15, -0.1) is 0 Å². The van der Waals surface area contributed by atoms with Crippen LogP contribution in [0.4, 0.5) is 18.9 Å². The molecule has 2 aromatic carbocycles. The Kier molecular flexibility index (Phi) is 4.11. The van der Waals surface area contributed by atoms with E-state index in [0.29, 0.717) is 16.8 Å². The molecule has 3 rings (SSSR count). The van der Waals surface area contributed by atoms with Crippen molar-refractivity contribution in [1.29, 1.82) is 0 Å². The fourth-order valence-corrected chi connectivity index (χ4v) is 3.54. The molecule has 0 fully saturated rings. The summed E-state index contributed by atoms with van der Waals surface area (Å²) < 4.78 is 38.7. The van der Waals surface area contributed by atoms with Crippen molar-refractivity contribution in [2.45, 2.75) is 37.3 Å². The SMILES string of the molecule is CC1(C(=O)Nc2ccccc2)CC(CC(F)(F)F)c2ccccc21. The zero-order chi connectivity index (χ0) is 17.4. The molecule has 0 heterocycles. The molecule has 1 aliphatic rings. The number of halogens is 3. The molecule has 1 amide bonds. The van der Waals surface area contributed by atoms with Crippen molar-refractivity contribution < 1.29 is 18.0 Å². The number of benzene rings is 2. The molecule has 0 spiro atoms. The number of amides is 1. The number of fused-ring (bicyclic) bond motifs is 1. The molecule has 2 unspecified atom stereocenters. The summed E-state index contributed by atoms with van der Waals surface area (Å²) in [4.78, 5) is 12.8. The first-order chi connectivity index (χ1) is 11.3. The third-order valence-electron chi connectivity index (χ3n) is 4.66. The number of alkyl halides is 3. The standard InChI is InChI=1S/C19H18F3NO/c1-18(17(24)23-14-7-3-2-4-8-14)11-13(12-19(20,21)22)15-9-5-6-10-16(15)18/h2-10,13H,11-12H2,1H3,(H,23,24). The third kappa shape index (κ3) is 3.16. The van der Waals surface area contributed by atoms with Crippen LogP contribution in [0.25, 0.3) is 0 Å². The summed E-state index contributed by atoms with van der Waals surface area (Å²) in [7, 11) is 0. The van der Waals surface area contributed by atoms with E-state index in [2.05, 4.69) is 5.32 Å². The minimum absolute atomic E-state index is 0.157. The number of hydrogen-bond donors (Lipinski definition) is 1. The zero-order valence-electron chi connectivity index (χ0n) is 13.2. The van der Waals surface area contributed by atoms with Crippen molar-refractivity contribution in [3.8, 4) is 0 Å². The quantitative estimate of drug-likeness (QED) is 0.839. The highest BCUT2D eigenvalue weighted by Gasteiger charge is 2.48. The van der Waals surface area contributed by atoms with Crippen LogP contribution in [-0.2, 0) is 10.2 Å². The molecule has 5 heteroatoms. The summed E-state index contributed by atoms with van der Waals surface area (Å²) in [5.74, 6) is -0.960. The summed E-state index contributed by atoms with van der Waals surface area (Å²) in [5, 5.41) is 2.83. The van der Waals surface area contributed by atoms with E-state index < -0.39 is 23.9 Å². The first kappa shape index (κ1) is 16.6. The second-order valence-electron chi connectivity index (χ2n) is 6.46.